The maximum atomic E-state index is 11.0. The Balaban J connectivity index is 1.94. The van der Waals surface area contributed by atoms with Crippen molar-refractivity contribution in [1.29, 1.82) is 0 Å². The van der Waals surface area contributed by atoms with Crippen LogP contribution in [0.5, 0.6) is 0 Å². The highest BCUT2D eigenvalue weighted by Gasteiger charge is 2.23. The summed E-state index contributed by atoms with van der Waals surface area (Å²) in [6, 6.07) is 14.5. The second kappa shape index (κ2) is 6.55. The summed E-state index contributed by atoms with van der Waals surface area (Å²) in [5, 5.41) is 0. The Morgan fingerprint density at radius 2 is 1.83 bits per heavy atom. The van der Waals surface area contributed by atoms with Crippen molar-refractivity contribution in [2.45, 2.75) is 29.6 Å². The van der Waals surface area contributed by atoms with Gasteiger partial charge in [0, 0.05) is 16.3 Å². The minimum atomic E-state index is -3.92. The van der Waals surface area contributed by atoms with Crippen LogP contribution >= 0.6 is 11.8 Å². The second-order valence-corrected chi connectivity index (χ2v) is 8.17. The first-order chi connectivity index (χ1) is 11.0. The van der Waals surface area contributed by atoms with Crippen molar-refractivity contribution >= 4 is 33.3 Å². The van der Waals surface area contributed by atoms with Crippen LogP contribution in [0.3, 0.4) is 0 Å². The molecule has 0 saturated carbocycles. The fourth-order valence-electron chi connectivity index (χ4n) is 2.74. The van der Waals surface area contributed by atoms with E-state index in [1.807, 2.05) is 18.2 Å². The van der Waals surface area contributed by atoms with Crippen LogP contribution in [0.4, 0.5) is 11.4 Å². The van der Waals surface area contributed by atoms with Crippen LogP contribution in [0, 0.1) is 0 Å². The van der Waals surface area contributed by atoms with Gasteiger partial charge in [0.1, 0.15) is 0 Å². The van der Waals surface area contributed by atoms with Gasteiger partial charge >= 0.3 is 0 Å². The van der Waals surface area contributed by atoms with Crippen molar-refractivity contribution in [2.24, 2.45) is 0 Å². The highest BCUT2D eigenvalue weighted by molar-refractivity contribution is 7.99. The molecule has 0 saturated heterocycles. The van der Waals surface area contributed by atoms with Crippen LogP contribution < -0.4 is 4.90 Å². The van der Waals surface area contributed by atoms with E-state index in [0.717, 1.165) is 17.8 Å². The first-order valence-electron chi connectivity index (χ1n) is 7.60. The van der Waals surface area contributed by atoms with E-state index in [1.54, 1.807) is 11.8 Å². The van der Waals surface area contributed by atoms with E-state index in [4.69, 9.17) is 4.55 Å². The number of hydrogen-bond acceptors (Lipinski definition) is 4. The molecule has 0 unspecified atom stereocenters. The quantitative estimate of drug-likeness (QED) is 0.823. The fraction of sp³-hybridized carbons (Fsp3) is 0.294. The van der Waals surface area contributed by atoms with Gasteiger partial charge in [0.15, 0.2) is 0 Å². The summed E-state index contributed by atoms with van der Waals surface area (Å²) in [5.41, 5.74) is 3.47. The molecule has 0 radical (unpaired) electrons. The Morgan fingerprint density at radius 1 is 1.09 bits per heavy atom. The molecular weight excluding hydrogens is 330 g/mol. The van der Waals surface area contributed by atoms with Gasteiger partial charge in [-0.1, -0.05) is 36.9 Å². The molecule has 0 spiro atoms. The number of fused-ring (bicyclic) bond motifs is 2. The summed E-state index contributed by atoms with van der Waals surface area (Å²) in [6.07, 6.45) is 1.37. The van der Waals surface area contributed by atoms with E-state index >= 15 is 0 Å². The molecule has 0 atom stereocenters. The zero-order chi connectivity index (χ0) is 16.4. The largest absolute Gasteiger partial charge is 0.340 e. The van der Waals surface area contributed by atoms with Gasteiger partial charge in [0.05, 0.1) is 17.1 Å². The average Bonchev–Trinajstić information content (AvgIpc) is 2.52. The summed E-state index contributed by atoms with van der Waals surface area (Å²) in [4.78, 5) is 4.50. The first kappa shape index (κ1) is 16.4. The molecule has 1 aliphatic rings. The molecule has 2 aromatic carbocycles. The molecule has 0 aromatic heterocycles. The Morgan fingerprint density at radius 3 is 2.57 bits per heavy atom. The van der Waals surface area contributed by atoms with Gasteiger partial charge in [-0.05, 0) is 42.7 Å². The molecule has 6 heteroatoms. The van der Waals surface area contributed by atoms with E-state index in [2.05, 4.69) is 36.1 Å². The molecule has 122 valence electrons. The van der Waals surface area contributed by atoms with E-state index < -0.39 is 10.1 Å². The smallest absolute Gasteiger partial charge is 0.264 e. The summed E-state index contributed by atoms with van der Waals surface area (Å²) in [6.45, 7) is 2.68. The molecule has 0 amide bonds. The number of nitrogens with zero attached hydrogens (tertiary/aromatic N) is 1. The Bertz CT molecular complexity index is 818. The average molecular weight is 349 g/mol. The third-order valence-corrected chi connectivity index (χ3v) is 5.80. The zero-order valence-electron chi connectivity index (χ0n) is 12.9. The summed E-state index contributed by atoms with van der Waals surface area (Å²) in [7, 11) is -3.92. The van der Waals surface area contributed by atoms with Crippen molar-refractivity contribution in [2.75, 3.05) is 17.2 Å². The highest BCUT2D eigenvalue weighted by atomic mass is 32.2. The summed E-state index contributed by atoms with van der Waals surface area (Å²) < 4.78 is 30.9. The summed E-state index contributed by atoms with van der Waals surface area (Å²) in [5.74, 6) is -0.221. The second-order valence-electron chi connectivity index (χ2n) is 5.52. The van der Waals surface area contributed by atoms with Gasteiger partial charge in [-0.25, -0.2) is 0 Å². The standard InChI is InChI=1S/C17H19NO3S2/c1-2-13-8-9-15-17(12-13)22-16-7-4-3-6-14(16)18(15)10-5-11-23(19,20)21/h3-4,6-9,12H,2,5,10-11H2,1H3,(H,19,20,21). The molecule has 3 rings (SSSR count). The van der Waals surface area contributed by atoms with Crippen LogP contribution in [-0.4, -0.2) is 25.3 Å². The van der Waals surface area contributed by atoms with Crippen molar-refractivity contribution < 1.29 is 13.0 Å². The van der Waals surface area contributed by atoms with Gasteiger partial charge in [-0.3, -0.25) is 4.55 Å². The first-order valence-corrected chi connectivity index (χ1v) is 10.0. The third kappa shape index (κ3) is 3.71. The van der Waals surface area contributed by atoms with E-state index in [-0.39, 0.29) is 5.75 Å². The van der Waals surface area contributed by atoms with Crippen molar-refractivity contribution in [3.05, 3.63) is 48.0 Å². The molecule has 23 heavy (non-hydrogen) atoms. The molecule has 1 heterocycles. The lowest BCUT2D eigenvalue weighted by Gasteiger charge is -2.33. The van der Waals surface area contributed by atoms with E-state index in [9.17, 15) is 8.42 Å². The van der Waals surface area contributed by atoms with Crippen molar-refractivity contribution in [1.82, 2.24) is 0 Å². The molecule has 2 aromatic rings. The maximum Gasteiger partial charge on any atom is 0.264 e. The Labute approximate surface area is 141 Å². The van der Waals surface area contributed by atoms with Gasteiger partial charge in [0.25, 0.3) is 10.1 Å². The van der Waals surface area contributed by atoms with Crippen molar-refractivity contribution in [3.63, 3.8) is 0 Å². The monoisotopic (exact) mass is 349 g/mol. The van der Waals surface area contributed by atoms with Gasteiger partial charge in [-0.2, -0.15) is 8.42 Å². The predicted molar refractivity (Wildman–Crippen MR) is 94.4 cm³/mol. The molecular formula is C17H19NO3S2. The van der Waals surface area contributed by atoms with Crippen LogP contribution in [0.15, 0.2) is 52.3 Å². The molecule has 1 aliphatic heterocycles. The molecule has 4 nitrogen and oxygen atoms in total. The van der Waals surface area contributed by atoms with Crippen LogP contribution in [0.2, 0.25) is 0 Å². The lowest BCUT2D eigenvalue weighted by atomic mass is 10.1. The number of hydrogen-bond donors (Lipinski definition) is 1. The normalized spacial score (nSPS) is 13.6. The SMILES string of the molecule is CCc1ccc2c(c1)Sc1ccccc1N2CCCS(=O)(=O)O. The lowest BCUT2D eigenvalue weighted by Crippen LogP contribution is -2.23. The fourth-order valence-corrected chi connectivity index (χ4v) is 4.40. The van der Waals surface area contributed by atoms with Crippen LogP contribution in [0.1, 0.15) is 18.9 Å². The minimum absolute atomic E-state index is 0.221. The number of para-hydroxylation sites is 1. The number of anilines is 2. The van der Waals surface area contributed by atoms with E-state index in [0.29, 0.717) is 13.0 Å². The third-order valence-electron chi connectivity index (χ3n) is 3.88. The van der Waals surface area contributed by atoms with Crippen molar-refractivity contribution in [3.8, 4) is 0 Å². The van der Waals surface area contributed by atoms with Crippen LogP contribution in [-0.2, 0) is 16.5 Å². The Hall–Kier alpha value is -1.50. The van der Waals surface area contributed by atoms with E-state index in [1.165, 1.54) is 15.4 Å². The van der Waals surface area contributed by atoms with Gasteiger partial charge in [0.2, 0.25) is 0 Å². The maximum absolute atomic E-state index is 11.0. The zero-order valence-corrected chi connectivity index (χ0v) is 14.5. The molecule has 0 fully saturated rings. The highest BCUT2D eigenvalue weighted by Crippen LogP contribution is 2.48. The lowest BCUT2D eigenvalue weighted by molar-refractivity contribution is 0.481. The molecule has 0 bridgehead atoms. The van der Waals surface area contributed by atoms with Gasteiger partial charge in [-0.15, -0.1) is 0 Å². The number of benzene rings is 2. The number of aryl methyl sites for hydroxylation is 1. The molecule has 0 aliphatic carbocycles. The Kier molecular flexibility index (Phi) is 4.66. The minimum Gasteiger partial charge on any atom is -0.340 e. The predicted octanol–water partition coefficient (Wildman–Crippen LogP) is 4.13. The molecule has 1 N–H and O–H groups in total. The van der Waals surface area contributed by atoms with Gasteiger partial charge < -0.3 is 4.90 Å². The topological polar surface area (TPSA) is 57.6 Å². The van der Waals surface area contributed by atoms with Crippen LogP contribution in [0.25, 0.3) is 0 Å². The summed E-state index contributed by atoms with van der Waals surface area (Å²) >= 11 is 1.75. The number of rotatable bonds is 5.